The van der Waals surface area contributed by atoms with Crippen LogP contribution in [-0.2, 0) is 0 Å². The van der Waals surface area contributed by atoms with E-state index in [4.69, 9.17) is 9.98 Å². The van der Waals surface area contributed by atoms with Gasteiger partial charge in [0.1, 0.15) is 0 Å². The molecule has 0 unspecified atom stereocenters. The van der Waals surface area contributed by atoms with E-state index in [-0.39, 0.29) is 0 Å². The van der Waals surface area contributed by atoms with Crippen LogP contribution in [0.15, 0.2) is 71.7 Å². The molecule has 174 valence electrons. The molecular weight excluding hydrogens is 414 g/mol. The van der Waals surface area contributed by atoms with Crippen molar-refractivity contribution in [2.75, 3.05) is 5.32 Å². The number of benzene rings is 3. The van der Waals surface area contributed by atoms with E-state index in [2.05, 4.69) is 121 Å². The Labute approximate surface area is 204 Å². The van der Waals surface area contributed by atoms with Crippen molar-refractivity contribution < 1.29 is 0 Å². The van der Waals surface area contributed by atoms with E-state index in [0.717, 1.165) is 39.4 Å². The molecule has 0 bridgehead atoms. The van der Waals surface area contributed by atoms with Crippen molar-refractivity contribution in [3.05, 3.63) is 94.7 Å². The fraction of sp³-hybridized carbons (Fsp3) is 0.290. The van der Waals surface area contributed by atoms with Gasteiger partial charge in [-0.25, -0.2) is 4.98 Å². The SMILES string of the molecule is CC(=Nc1c(C(C)C)cccc1C(C)C)c1ccc2cccc(Nc3c(C)cccc3C)c2n1. The van der Waals surface area contributed by atoms with Crippen molar-refractivity contribution in [3.63, 3.8) is 0 Å². The Morgan fingerprint density at radius 1 is 0.765 bits per heavy atom. The number of nitrogens with zero attached hydrogens (tertiary/aromatic N) is 2. The molecule has 0 aliphatic carbocycles. The lowest BCUT2D eigenvalue weighted by Gasteiger charge is -2.17. The van der Waals surface area contributed by atoms with Gasteiger partial charge in [-0.1, -0.05) is 82.3 Å². The number of rotatable bonds is 6. The topological polar surface area (TPSA) is 37.3 Å². The van der Waals surface area contributed by atoms with Crippen molar-refractivity contribution in [2.45, 2.75) is 60.3 Å². The molecule has 0 saturated heterocycles. The van der Waals surface area contributed by atoms with Gasteiger partial charge in [-0.05, 0) is 67.0 Å². The second kappa shape index (κ2) is 9.80. The summed E-state index contributed by atoms with van der Waals surface area (Å²) in [6.45, 7) is 15.3. The molecule has 0 fully saturated rings. The quantitative estimate of drug-likeness (QED) is 0.298. The lowest BCUT2D eigenvalue weighted by atomic mass is 9.93. The number of hydrogen-bond acceptors (Lipinski definition) is 3. The van der Waals surface area contributed by atoms with Gasteiger partial charge in [0, 0.05) is 11.1 Å². The smallest absolute Gasteiger partial charge is 0.0944 e. The number of fused-ring (bicyclic) bond motifs is 1. The van der Waals surface area contributed by atoms with Crippen molar-refractivity contribution >= 4 is 33.7 Å². The molecule has 34 heavy (non-hydrogen) atoms. The lowest BCUT2D eigenvalue weighted by molar-refractivity contribution is 0.834. The van der Waals surface area contributed by atoms with Gasteiger partial charge >= 0.3 is 0 Å². The summed E-state index contributed by atoms with van der Waals surface area (Å²) in [5.74, 6) is 0.811. The molecule has 1 N–H and O–H groups in total. The molecule has 0 amide bonds. The van der Waals surface area contributed by atoms with E-state index in [1.807, 2.05) is 0 Å². The second-order valence-electron chi connectivity index (χ2n) is 9.76. The maximum Gasteiger partial charge on any atom is 0.0944 e. The van der Waals surface area contributed by atoms with Crippen molar-refractivity contribution in [3.8, 4) is 0 Å². The van der Waals surface area contributed by atoms with Gasteiger partial charge in [0.05, 0.1) is 28.3 Å². The van der Waals surface area contributed by atoms with Crippen LogP contribution in [0.4, 0.5) is 17.1 Å². The van der Waals surface area contributed by atoms with Crippen molar-refractivity contribution in [1.29, 1.82) is 0 Å². The first-order valence-electron chi connectivity index (χ1n) is 12.2. The molecule has 3 aromatic carbocycles. The van der Waals surface area contributed by atoms with Crippen LogP contribution in [0.5, 0.6) is 0 Å². The minimum atomic E-state index is 0.406. The number of pyridine rings is 1. The molecule has 3 heteroatoms. The van der Waals surface area contributed by atoms with Crippen LogP contribution in [0, 0.1) is 13.8 Å². The van der Waals surface area contributed by atoms with Gasteiger partial charge in [0.2, 0.25) is 0 Å². The van der Waals surface area contributed by atoms with Crippen LogP contribution in [0.1, 0.15) is 74.4 Å². The maximum atomic E-state index is 5.15. The number of para-hydroxylation sites is 3. The summed E-state index contributed by atoms with van der Waals surface area (Å²) in [6, 6.07) is 23.4. The highest BCUT2D eigenvalue weighted by Gasteiger charge is 2.15. The minimum absolute atomic E-state index is 0.406. The molecule has 0 radical (unpaired) electrons. The Balaban J connectivity index is 1.81. The zero-order valence-electron chi connectivity index (χ0n) is 21.4. The number of anilines is 2. The zero-order valence-corrected chi connectivity index (χ0v) is 21.4. The molecular formula is C31H35N3. The Morgan fingerprint density at radius 2 is 1.35 bits per heavy atom. The summed E-state index contributed by atoms with van der Waals surface area (Å²) in [6.07, 6.45) is 0. The van der Waals surface area contributed by atoms with Crippen LogP contribution in [-0.4, -0.2) is 10.7 Å². The number of hydrogen-bond donors (Lipinski definition) is 1. The average molecular weight is 450 g/mol. The van der Waals surface area contributed by atoms with Gasteiger partial charge in [-0.2, -0.15) is 0 Å². The van der Waals surface area contributed by atoms with Gasteiger partial charge in [0.15, 0.2) is 0 Å². The summed E-state index contributed by atoms with van der Waals surface area (Å²) in [5, 5.41) is 4.75. The number of aryl methyl sites for hydroxylation is 2. The molecule has 0 atom stereocenters. The van der Waals surface area contributed by atoms with Gasteiger partial charge in [0.25, 0.3) is 0 Å². The monoisotopic (exact) mass is 449 g/mol. The van der Waals surface area contributed by atoms with E-state index in [9.17, 15) is 0 Å². The number of nitrogens with one attached hydrogen (secondary N) is 1. The lowest BCUT2D eigenvalue weighted by Crippen LogP contribution is -2.03. The average Bonchev–Trinajstić information content (AvgIpc) is 2.81. The first-order chi connectivity index (χ1) is 16.3. The summed E-state index contributed by atoms with van der Waals surface area (Å²) >= 11 is 0. The predicted octanol–water partition coefficient (Wildman–Crippen LogP) is 8.98. The van der Waals surface area contributed by atoms with E-state index in [1.165, 1.54) is 22.3 Å². The normalized spacial score (nSPS) is 12.1. The Hall–Kier alpha value is -3.46. The number of aromatic nitrogens is 1. The molecule has 0 aliphatic heterocycles. The third kappa shape index (κ3) is 4.75. The summed E-state index contributed by atoms with van der Waals surface area (Å²) in [4.78, 5) is 10.2. The third-order valence-corrected chi connectivity index (χ3v) is 6.45. The molecule has 0 spiro atoms. The highest BCUT2D eigenvalue weighted by molar-refractivity contribution is 6.02. The van der Waals surface area contributed by atoms with Crippen LogP contribution < -0.4 is 5.32 Å². The van der Waals surface area contributed by atoms with Crippen molar-refractivity contribution in [2.24, 2.45) is 4.99 Å². The Kier molecular flexibility index (Phi) is 6.83. The highest BCUT2D eigenvalue weighted by atomic mass is 14.9. The van der Waals surface area contributed by atoms with Crippen LogP contribution in [0.2, 0.25) is 0 Å². The summed E-state index contributed by atoms with van der Waals surface area (Å²) in [7, 11) is 0. The van der Waals surface area contributed by atoms with Crippen LogP contribution in [0.3, 0.4) is 0 Å². The Morgan fingerprint density at radius 3 is 1.97 bits per heavy atom. The summed E-state index contributed by atoms with van der Waals surface area (Å²) in [5.41, 5.74) is 11.0. The first kappa shape index (κ1) is 23.7. The maximum absolute atomic E-state index is 5.15. The fourth-order valence-corrected chi connectivity index (χ4v) is 4.46. The fourth-order valence-electron chi connectivity index (χ4n) is 4.46. The molecule has 3 nitrogen and oxygen atoms in total. The first-order valence-corrected chi connectivity index (χ1v) is 12.2. The molecule has 1 heterocycles. The van der Waals surface area contributed by atoms with E-state index in [1.54, 1.807) is 0 Å². The highest BCUT2D eigenvalue weighted by Crippen LogP contribution is 2.35. The largest absolute Gasteiger partial charge is 0.353 e. The molecule has 0 saturated carbocycles. The van der Waals surface area contributed by atoms with Crippen LogP contribution in [0.25, 0.3) is 10.9 Å². The summed E-state index contributed by atoms with van der Waals surface area (Å²) < 4.78 is 0. The van der Waals surface area contributed by atoms with Gasteiger partial charge in [-0.3, -0.25) is 4.99 Å². The standard InChI is InChI=1S/C31H35N3/c1-19(2)25-14-10-15-26(20(3)4)31(25)32-23(7)27-18-17-24-13-9-16-28(30(24)33-27)34-29-21(5)11-8-12-22(29)6/h8-20,34H,1-7H3. The van der Waals surface area contributed by atoms with E-state index < -0.39 is 0 Å². The van der Waals surface area contributed by atoms with E-state index >= 15 is 0 Å². The molecule has 4 aromatic rings. The zero-order chi connectivity index (χ0) is 24.4. The molecule has 4 rings (SSSR count). The second-order valence-corrected chi connectivity index (χ2v) is 9.76. The van der Waals surface area contributed by atoms with Gasteiger partial charge in [-0.15, -0.1) is 0 Å². The predicted molar refractivity (Wildman–Crippen MR) is 147 cm³/mol. The van der Waals surface area contributed by atoms with E-state index in [0.29, 0.717) is 11.8 Å². The third-order valence-electron chi connectivity index (χ3n) is 6.45. The van der Waals surface area contributed by atoms with Crippen LogP contribution >= 0.6 is 0 Å². The molecule has 1 aromatic heterocycles. The number of aliphatic imine (C=N–C) groups is 1. The van der Waals surface area contributed by atoms with Gasteiger partial charge < -0.3 is 5.32 Å². The minimum Gasteiger partial charge on any atom is -0.353 e. The Bertz CT molecular complexity index is 1320. The van der Waals surface area contributed by atoms with Crippen molar-refractivity contribution in [1.82, 2.24) is 4.98 Å². The molecule has 0 aliphatic rings.